The molecule has 0 radical (unpaired) electrons. The van der Waals surface area contributed by atoms with Gasteiger partial charge in [-0.2, -0.15) is 0 Å². The highest BCUT2D eigenvalue weighted by molar-refractivity contribution is 5.23. The Hall–Kier alpha value is -0.960. The molecule has 1 atom stereocenters. The molecule has 0 fully saturated rings. The summed E-state index contributed by atoms with van der Waals surface area (Å²) in [4.78, 5) is 0. The molecule has 17 heavy (non-hydrogen) atoms. The Labute approximate surface area is 102 Å². The topological polar surface area (TPSA) is 12.0 Å². The minimum absolute atomic E-state index is 0.0289. The van der Waals surface area contributed by atoms with Crippen molar-refractivity contribution >= 4 is 0 Å². The van der Waals surface area contributed by atoms with E-state index in [0.29, 0.717) is 0 Å². The summed E-state index contributed by atoms with van der Waals surface area (Å²) in [7, 11) is 1.89. The van der Waals surface area contributed by atoms with Crippen molar-refractivity contribution in [3.8, 4) is 0 Å². The lowest BCUT2D eigenvalue weighted by Gasteiger charge is -2.31. The molecule has 0 aliphatic carbocycles. The predicted octanol–water partition coefficient (Wildman–Crippen LogP) is 3.70. The quantitative estimate of drug-likeness (QED) is 0.847. The first-order valence-electron chi connectivity index (χ1n) is 5.96. The third-order valence-electron chi connectivity index (χ3n) is 3.07. The summed E-state index contributed by atoms with van der Waals surface area (Å²) < 4.78 is 26.2. The average Bonchev–Trinajstić information content (AvgIpc) is 2.22. The van der Waals surface area contributed by atoms with Crippen molar-refractivity contribution in [1.29, 1.82) is 0 Å². The Kier molecular flexibility index (Phi) is 4.63. The van der Waals surface area contributed by atoms with Gasteiger partial charge in [-0.3, -0.25) is 0 Å². The zero-order valence-corrected chi connectivity index (χ0v) is 11.0. The molecule has 0 heterocycles. The van der Waals surface area contributed by atoms with Crippen molar-refractivity contribution in [2.45, 2.75) is 33.1 Å². The first kappa shape index (κ1) is 14.1. The van der Waals surface area contributed by atoms with Gasteiger partial charge in [-0.15, -0.1) is 0 Å². The van der Waals surface area contributed by atoms with Gasteiger partial charge in [-0.05, 0) is 49.0 Å². The first-order valence-corrected chi connectivity index (χ1v) is 5.96. The molecular weight excluding hydrogens is 220 g/mol. The Morgan fingerprint density at radius 3 is 2.29 bits per heavy atom. The van der Waals surface area contributed by atoms with Gasteiger partial charge in [0.2, 0.25) is 0 Å². The number of rotatable bonds is 4. The van der Waals surface area contributed by atoms with Gasteiger partial charge in [0.15, 0.2) is 11.6 Å². The molecule has 0 saturated carbocycles. The van der Waals surface area contributed by atoms with E-state index in [1.807, 2.05) is 7.05 Å². The Bertz CT molecular complexity index is 369. The number of nitrogens with one attached hydrogen (secondary N) is 1. The Morgan fingerprint density at radius 2 is 1.82 bits per heavy atom. The highest BCUT2D eigenvalue weighted by atomic mass is 19.2. The van der Waals surface area contributed by atoms with E-state index < -0.39 is 11.6 Å². The van der Waals surface area contributed by atoms with Gasteiger partial charge in [0.05, 0.1) is 0 Å². The highest BCUT2D eigenvalue weighted by Crippen LogP contribution is 2.37. The number of hydrogen-bond donors (Lipinski definition) is 1. The van der Waals surface area contributed by atoms with Crippen LogP contribution in [0, 0.1) is 17.0 Å². The molecule has 0 aromatic heterocycles. The maximum absolute atomic E-state index is 13.3. The predicted molar refractivity (Wildman–Crippen MR) is 67.1 cm³/mol. The molecule has 1 N–H and O–H groups in total. The molecule has 1 aromatic carbocycles. The summed E-state index contributed by atoms with van der Waals surface area (Å²) in [5.41, 5.74) is 0.896. The molecule has 0 spiro atoms. The van der Waals surface area contributed by atoms with E-state index in [4.69, 9.17) is 0 Å². The van der Waals surface area contributed by atoms with Crippen LogP contribution in [0.15, 0.2) is 18.2 Å². The summed E-state index contributed by atoms with van der Waals surface area (Å²) in [6.45, 7) is 7.22. The number of benzene rings is 1. The fraction of sp³-hybridized carbons (Fsp3) is 0.571. The van der Waals surface area contributed by atoms with Crippen LogP contribution in [0.4, 0.5) is 8.78 Å². The molecule has 0 bridgehead atoms. The molecular formula is C14H21F2N. The van der Waals surface area contributed by atoms with Crippen molar-refractivity contribution in [2.24, 2.45) is 5.41 Å². The van der Waals surface area contributed by atoms with Crippen LogP contribution in [-0.2, 0) is 0 Å². The van der Waals surface area contributed by atoms with Crippen molar-refractivity contribution in [2.75, 3.05) is 13.6 Å². The average molecular weight is 241 g/mol. The van der Waals surface area contributed by atoms with E-state index in [1.54, 1.807) is 6.07 Å². The van der Waals surface area contributed by atoms with E-state index in [2.05, 4.69) is 26.1 Å². The van der Waals surface area contributed by atoms with Crippen LogP contribution < -0.4 is 5.32 Å². The van der Waals surface area contributed by atoms with Crippen LogP contribution in [0.1, 0.15) is 38.7 Å². The van der Waals surface area contributed by atoms with Gasteiger partial charge in [0.25, 0.3) is 0 Å². The van der Waals surface area contributed by atoms with Gasteiger partial charge in [-0.25, -0.2) is 8.78 Å². The molecule has 0 saturated heterocycles. The molecule has 3 heteroatoms. The third kappa shape index (κ3) is 3.77. The lowest BCUT2D eigenvalue weighted by atomic mass is 9.74. The van der Waals surface area contributed by atoms with Crippen molar-refractivity contribution < 1.29 is 8.78 Å². The smallest absolute Gasteiger partial charge is 0.159 e. The van der Waals surface area contributed by atoms with Crippen molar-refractivity contribution in [3.63, 3.8) is 0 Å². The van der Waals surface area contributed by atoms with E-state index in [1.165, 1.54) is 12.1 Å². The summed E-state index contributed by atoms with van der Waals surface area (Å²) in [6, 6.07) is 4.22. The summed E-state index contributed by atoms with van der Waals surface area (Å²) in [5.74, 6) is -1.33. The van der Waals surface area contributed by atoms with Crippen LogP contribution in [0.2, 0.25) is 0 Å². The number of hydrogen-bond acceptors (Lipinski definition) is 1. The maximum atomic E-state index is 13.3. The highest BCUT2D eigenvalue weighted by Gasteiger charge is 2.26. The molecule has 0 amide bonds. The van der Waals surface area contributed by atoms with Crippen molar-refractivity contribution in [3.05, 3.63) is 35.4 Å². The van der Waals surface area contributed by atoms with Crippen LogP contribution in [-0.4, -0.2) is 13.6 Å². The van der Waals surface area contributed by atoms with E-state index in [9.17, 15) is 8.78 Å². The SMILES string of the molecule is CNCCC(c1ccc(F)c(F)c1)C(C)(C)C. The lowest BCUT2D eigenvalue weighted by molar-refractivity contribution is 0.302. The van der Waals surface area contributed by atoms with Gasteiger partial charge in [-0.1, -0.05) is 26.8 Å². The summed E-state index contributed by atoms with van der Waals surface area (Å²) >= 11 is 0. The maximum Gasteiger partial charge on any atom is 0.159 e. The van der Waals surface area contributed by atoms with Gasteiger partial charge < -0.3 is 5.32 Å². The van der Waals surface area contributed by atoms with Crippen LogP contribution in [0.25, 0.3) is 0 Å². The van der Waals surface area contributed by atoms with Crippen LogP contribution >= 0.6 is 0 Å². The first-order chi connectivity index (χ1) is 7.86. The Balaban J connectivity index is 3.00. The van der Waals surface area contributed by atoms with E-state index in [-0.39, 0.29) is 11.3 Å². The molecule has 1 rings (SSSR count). The van der Waals surface area contributed by atoms with Gasteiger partial charge >= 0.3 is 0 Å². The van der Waals surface area contributed by atoms with Crippen LogP contribution in [0.3, 0.4) is 0 Å². The molecule has 1 aromatic rings. The largest absolute Gasteiger partial charge is 0.320 e. The fourth-order valence-electron chi connectivity index (χ4n) is 2.12. The minimum atomic E-state index is -0.782. The molecule has 1 nitrogen and oxygen atoms in total. The minimum Gasteiger partial charge on any atom is -0.320 e. The Morgan fingerprint density at radius 1 is 1.18 bits per heavy atom. The third-order valence-corrected chi connectivity index (χ3v) is 3.07. The fourth-order valence-corrected chi connectivity index (χ4v) is 2.12. The molecule has 96 valence electrons. The van der Waals surface area contributed by atoms with E-state index >= 15 is 0 Å². The second-order valence-electron chi connectivity index (χ2n) is 5.48. The molecule has 1 unspecified atom stereocenters. The summed E-state index contributed by atoms with van der Waals surface area (Å²) in [5, 5.41) is 3.10. The normalized spacial score (nSPS) is 13.8. The lowest BCUT2D eigenvalue weighted by Crippen LogP contribution is -2.23. The molecule has 0 aliphatic rings. The second kappa shape index (κ2) is 5.58. The molecule has 0 aliphatic heterocycles. The standard InChI is InChI=1S/C14H21F2N/c1-14(2,3)11(7-8-17-4)10-5-6-12(15)13(16)9-10/h5-6,9,11,17H,7-8H2,1-4H3. The number of halogens is 2. The monoisotopic (exact) mass is 241 g/mol. The second-order valence-corrected chi connectivity index (χ2v) is 5.48. The van der Waals surface area contributed by atoms with Crippen LogP contribution in [0.5, 0.6) is 0 Å². The zero-order valence-electron chi connectivity index (χ0n) is 11.0. The van der Waals surface area contributed by atoms with Gasteiger partial charge in [0, 0.05) is 0 Å². The summed E-state index contributed by atoms with van der Waals surface area (Å²) in [6.07, 6.45) is 0.908. The zero-order chi connectivity index (χ0) is 13.1. The van der Waals surface area contributed by atoms with E-state index in [0.717, 1.165) is 18.5 Å². The van der Waals surface area contributed by atoms with Gasteiger partial charge in [0.1, 0.15) is 0 Å². The van der Waals surface area contributed by atoms with Crippen molar-refractivity contribution in [1.82, 2.24) is 5.32 Å².